The number of halogens is 1. The summed E-state index contributed by atoms with van der Waals surface area (Å²) in [5, 5.41) is 12.6. The van der Waals surface area contributed by atoms with Gasteiger partial charge in [-0.2, -0.15) is 0 Å². The molecule has 0 saturated carbocycles. The van der Waals surface area contributed by atoms with Crippen LogP contribution in [0.4, 0.5) is 5.69 Å². The predicted molar refractivity (Wildman–Crippen MR) is 235 cm³/mol. The fourth-order valence-corrected chi connectivity index (χ4v) is 10.5. The Labute approximate surface area is 368 Å². The number of ketones is 1. The van der Waals surface area contributed by atoms with Crippen molar-refractivity contribution in [2.75, 3.05) is 33.2 Å². The number of esters is 2. The molecule has 16 heteroatoms. The summed E-state index contributed by atoms with van der Waals surface area (Å²) >= 11 is 6.80. The van der Waals surface area contributed by atoms with Gasteiger partial charge in [0.25, 0.3) is 0 Å². The van der Waals surface area contributed by atoms with Crippen molar-refractivity contribution < 1.29 is 52.8 Å². The molecule has 4 rings (SSSR count). The Morgan fingerprint density at radius 2 is 1.75 bits per heavy atom. The summed E-state index contributed by atoms with van der Waals surface area (Å²) in [6.45, 7) is 12.8. The predicted octanol–water partition coefficient (Wildman–Crippen LogP) is 7.07. The number of anilines is 1. The number of ether oxygens (including phenoxy) is 5. The number of amides is 2. The van der Waals surface area contributed by atoms with Crippen molar-refractivity contribution in [3.8, 4) is 5.75 Å². The van der Waals surface area contributed by atoms with Crippen LogP contribution in [0.1, 0.15) is 99.0 Å². The second kappa shape index (κ2) is 21.3. The molecule has 4 bridgehead atoms. The highest BCUT2D eigenvalue weighted by molar-refractivity contribution is 8.77. The SMILES string of the molecule is COc1cc2cc(c1Cl)N(C)C(=O)C[C@@H](OC(=O)[C@@H](C)N(C)C(=O)CCC(C)SSC(C)CCC(C)=O)[C@@]1(C)O[C@@H]1[C@@H](C)[C@H]1C[C@](O)(CC(=O)O1)[C@@H](OC)/C=C/C=C(\C)C2. The molecule has 334 valence electrons. The van der Waals surface area contributed by atoms with Gasteiger partial charge in [-0.25, -0.2) is 4.79 Å². The molecule has 3 heterocycles. The highest BCUT2D eigenvalue weighted by atomic mass is 35.5. The van der Waals surface area contributed by atoms with Crippen LogP contribution in [-0.2, 0) is 49.3 Å². The highest BCUT2D eigenvalue weighted by Crippen LogP contribution is 2.50. The first-order chi connectivity index (χ1) is 28.1. The molecule has 0 radical (unpaired) electrons. The standard InChI is InChI=1S/C44H63ClN2O11S2/c1-25-13-12-14-35(55-11)44(53)23-34(56-39(51)24-44)29(5)41-43(7,58-41)36(22-38(50)47(9)32-20-31(19-25)21-33(54-10)40(32)45)57-42(52)30(6)46(8)37(49)18-17-28(4)60-59-27(3)16-15-26(2)48/h12-14,20-21,27-30,34-36,41,53H,15-19,22-24H2,1-11H3/b14-12+,25-13+/t27?,28?,29-,30+,34+,35-,36+,41+,43+,44-/m0/s1. The number of hydrogen-bond donors (Lipinski definition) is 1. The number of hydrogen-bond acceptors (Lipinski definition) is 13. The molecule has 3 aliphatic rings. The quantitative estimate of drug-likeness (QED) is 0.115. The molecule has 1 aromatic rings. The largest absolute Gasteiger partial charge is 0.495 e. The van der Waals surface area contributed by atoms with Crippen molar-refractivity contribution in [3.05, 3.63) is 46.5 Å². The van der Waals surface area contributed by atoms with Gasteiger partial charge in [-0.15, -0.1) is 0 Å². The van der Waals surface area contributed by atoms with Crippen LogP contribution in [0, 0.1) is 5.92 Å². The number of fused-ring (bicyclic) bond motifs is 5. The lowest BCUT2D eigenvalue weighted by atomic mass is 9.78. The van der Waals surface area contributed by atoms with Crippen molar-refractivity contribution in [3.63, 3.8) is 0 Å². The Balaban J connectivity index is 1.61. The Kier molecular flexibility index (Phi) is 17.6. The van der Waals surface area contributed by atoms with Gasteiger partial charge in [-0.1, -0.05) is 77.8 Å². The Hall–Kier alpha value is -3.08. The van der Waals surface area contributed by atoms with Gasteiger partial charge >= 0.3 is 11.9 Å². The van der Waals surface area contributed by atoms with Crippen molar-refractivity contribution in [2.24, 2.45) is 5.92 Å². The number of carbonyl (C=O) groups is 5. The summed E-state index contributed by atoms with van der Waals surface area (Å²) in [6, 6.07) is 2.61. The van der Waals surface area contributed by atoms with Crippen molar-refractivity contribution in [1.82, 2.24) is 4.90 Å². The molecule has 2 amide bonds. The zero-order chi connectivity index (χ0) is 44.7. The van der Waals surface area contributed by atoms with Crippen LogP contribution in [0.5, 0.6) is 5.75 Å². The number of carbonyl (C=O) groups excluding carboxylic acids is 5. The molecule has 13 nitrogen and oxygen atoms in total. The van der Waals surface area contributed by atoms with Gasteiger partial charge in [-0.3, -0.25) is 14.4 Å². The summed E-state index contributed by atoms with van der Waals surface area (Å²) in [6.07, 6.45) is 4.04. The summed E-state index contributed by atoms with van der Waals surface area (Å²) < 4.78 is 29.6. The third-order valence-corrected chi connectivity index (χ3v) is 15.8. The van der Waals surface area contributed by atoms with Gasteiger partial charge in [0.15, 0.2) is 0 Å². The van der Waals surface area contributed by atoms with E-state index in [1.54, 1.807) is 74.7 Å². The number of epoxide rings is 1. The van der Waals surface area contributed by atoms with E-state index in [4.69, 9.17) is 35.3 Å². The molecule has 10 atom stereocenters. The minimum Gasteiger partial charge on any atom is -0.495 e. The van der Waals surface area contributed by atoms with Crippen molar-refractivity contribution in [2.45, 2.75) is 152 Å². The van der Waals surface area contributed by atoms with E-state index in [0.717, 1.165) is 17.6 Å². The third kappa shape index (κ3) is 12.5. The molecular weight excluding hydrogens is 832 g/mol. The van der Waals surface area contributed by atoms with E-state index < -0.39 is 65.4 Å². The lowest BCUT2D eigenvalue weighted by molar-refractivity contribution is -0.187. The second-order valence-electron chi connectivity index (χ2n) is 16.8. The Morgan fingerprint density at radius 3 is 2.37 bits per heavy atom. The maximum absolute atomic E-state index is 14.3. The van der Waals surface area contributed by atoms with Gasteiger partial charge in [-0.05, 0) is 64.7 Å². The zero-order valence-corrected chi connectivity index (χ0v) is 39.2. The first-order valence-corrected chi connectivity index (χ1v) is 23.2. The van der Waals surface area contributed by atoms with Crippen LogP contribution in [0.3, 0.4) is 0 Å². The average Bonchev–Trinajstić information content (AvgIpc) is 3.90. The van der Waals surface area contributed by atoms with Gasteiger partial charge < -0.3 is 43.4 Å². The number of allylic oxidation sites excluding steroid dienone is 3. The summed E-state index contributed by atoms with van der Waals surface area (Å²) in [5.41, 5.74) is -0.650. The molecule has 60 heavy (non-hydrogen) atoms. The maximum atomic E-state index is 14.3. The number of benzene rings is 1. The minimum absolute atomic E-state index is 0.0519. The Morgan fingerprint density at radius 1 is 1.10 bits per heavy atom. The van der Waals surface area contributed by atoms with Gasteiger partial charge in [0.2, 0.25) is 11.8 Å². The molecule has 0 aliphatic carbocycles. The van der Waals surface area contributed by atoms with Crippen molar-refractivity contribution in [1.29, 1.82) is 0 Å². The number of Topliss-reactive ketones (excluding diaryl/α,β-unsaturated/α-hetero) is 1. The van der Waals surface area contributed by atoms with E-state index in [0.29, 0.717) is 35.9 Å². The monoisotopic (exact) mass is 894 g/mol. The van der Waals surface area contributed by atoms with Crippen LogP contribution < -0.4 is 9.64 Å². The van der Waals surface area contributed by atoms with E-state index in [1.807, 2.05) is 32.9 Å². The molecule has 3 aliphatic heterocycles. The number of nitrogens with zero attached hydrogens (tertiary/aromatic N) is 2. The van der Waals surface area contributed by atoms with Gasteiger partial charge in [0.1, 0.15) is 52.1 Å². The summed E-state index contributed by atoms with van der Waals surface area (Å²) in [4.78, 5) is 68.8. The topological polar surface area (TPSA) is 162 Å². The van der Waals surface area contributed by atoms with Gasteiger partial charge in [0.05, 0.1) is 31.7 Å². The second-order valence-corrected chi connectivity index (χ2v) is 20.3. The molecule has 2 unspecified atom stereocenters. The van der Waals surface area contributed by atoms with E-state index in [9.17, 15) is 29.1 Å². The fraction of sp³-hybridized carbons (Fsp3) is 0.659. The summed E-state index contributed by atoms with van der Waals surface area (Å²) in [7, 11) is 9.48. The van der Waals surface area contributed by atoms with E-state index in [1.165, 1.54) is 24.0 Å². The van der Waals surface area contributed by atoms with E-state index in [2.05, 4.69) is 6.92 Å². The fourth-order valence-electron chi connectivity index (χ4n) is 7.67. The molecule has 1 N–H and O–H groups in total. The third-order valence-electron chi connectivity index (χ3n) is 11.8. The van der Waals surface area contributed by atoms with Crippen molar-refractivity contribution >= 4 is 68.4 Å². The zero-order valence-electron chi connectivity index (χ0n) is 36.8. The highest BCUT2D eigenvalue weighted by Gasteiger charge is 2.64. The molecule has 2 fully saturated rings. The number of aliphatic hydroxyl groups is 1. The smallest absolute Gasteiger partial charge is 0.328 e. The molecular formula is C44H63ClN2O11S2. The molecule has 0 aromatic heterocycles. The van der Waals surface area contributed by atoms with Crippen LogP contribution in [0.2, 0.25) is 5.02 Å². The van der Waals surface area contributed by atoms with E-state index >= 15 is 0 Å². The summed E-state index contributed by atoms with van der Waals surface area (Å²) in [5.74, 6) is -1.93. The van der Waals surface area contributed by atoms with Crippen LogP contribution >= 0.6 is 33.2 Å². The van der Waals surface area contributed by atoms with E-state index in [-0.39, 0.29) is 47.6 Å². The molecule has 1 aromatic carbocycles. The lowest BCUT2D eigenvalue weighted by Gasteiger charge is -2.41. The first kappa shape index (κ1) is 49.6. The number of likely N-dealkylation sites (N-methyl/N-ethyl adjacent to an activating group) is 1. The number of methoxy groups -OCH3 is 2. The normalized spacial score (nSPS) is 30.1. The maximum Gasteiger partial charge on any atom is 0.328 e. The molecule has 0 spiro atoms. The molecule has 2 saturated heterocycles. The lowest BCUT2D eigenvalue weighted by Crippen LogP contribution is -2.53. The number of rotatable bonds is 14. The van der Waals surface area contributed by atoms with Gasteiger partial charge in [0, 0.05) is 56.9 Å². The average molecular weight is 896 g/mol. The van der Waals surface area contributed by atoms with Crippen LogP contribution in [0.15, 0.2) is 35.9 Å². The van der Waals surface area contributed by atoms with Crippen LogP contribution in [-0.4, -0.2) is 120 Å². The first-order valence-electron chi connectivity index (χ1n) is 20.5. The van der Waals surface area contributed by atoms with Crippen LogP contribution in [0.25, 0.3) is 0 Å². The Bertz CT molecular complexity index is 1810. The minimum atomic E-state index is -1.59.